The van der Waals surface area contributed by atoms with Gasteiger partial charge in [0.15, 0.2) is 18.9 Å². The van der Waals surface area contributed by atoms with Crippen molar-refractivity contribution in [3.63, 3.8) is 0 Å². The Kier molecular flexibility index (Phi) is 15.4. The van der Waals surface area contributed by atoms with E-state index in [0.29, 0.717) is 0 Å². The van der Waals surface area contributed by atoms with E-state index in [1.165, 1.54) is 42.7 Å². The summed E-state index contributed by atoms with van der Waals surface area (Å²) in [4.78, 5) is 2.94. The molecule has 3 heterocycles. The molecule has 0 N–H and O–H groups in total. The van der Waals surface area contributed by atoms with Gasteiger partial charge in [0.25, 0.3) is 0 Å². The fourth-order valence-corrected chi connectivity index (χ4v) is 6.16. The summed E-state index contributed by atoms with van der Waals surface area (Å²) in [6.45, 7) is 2.06. The van der Waals surface area contributed by atoms with Crippen molar-refractivity contribution in [2.75, 3.05) is 77.2 Å². The zero-order valence-corrected chi connectivity index (χ0v) is 27.1. The predicted molar refractivity (Wildman–Crippen MR) is 150 cm³/mol. The van der Waals surface area contributed by atoms with Crippen LogP contribution >= 0.6 is 0 Å². The van der Waals surface area contributed by atoms with Gasteiger partial charge in [-0.2, -0.15) is 0 Å². The fraction of sp³-hybridized carbons (Fsp3) is 1.00. The zero-order chi connectivity index (χ0) is 32.4. The lowest BCUT2D eigenvalue weighted by atomic mass is 9.95. The van der Waals surface area contributed by atoms with E-state index in [2.05, 4.69) is 10.0 Å². The van der Waals surface area contributed by atoms with Gasteiger partial charge >= 0.3 is 0 Å². The maximum atomic E-state index is 9.09. The van der Waals surface area contributed by atoms with Crippen LogP contribution in [0.5, 0.6) is 0 Å². The van der Waals surface area contributed by atoms with Gasteiger partial charge in [0.2, 0.25) is 0 Å². The molecule has 0 amide bonds. The molecule has 3 aliphatic rings. The molecule has 0 aliphatic carbocycles. The molecule has 0 saturated carbocycles. The summed E-state index contributed by atoms with van der Waals surface area (Å²) in [7, 11) is 13.8. The molecule has 3 aliphatic heterocycles. The Morgan fingerprint density at radius 3 is 1.34 bits per heavy atom. The number of rotatable bonds is 16. The van der Waals surface area contributed by atoms with Gasteiger partial charge in [-0.3, -0.25) is 0 Å². The molecule has 0 spiro atoms. The third-order valence-corrected chi connectivity index (χ3v) is 8.24. The lowest BCUT2D eigenvalue weighted by molar-refractivity contribution is -0.381. The van der Waals surface area contributed by atoms with Gasteiger partial charge in [0.1, 0.15) is 54.9 Å². The highest BCUT2D eigenvalue weighted by Gasteiger charge is 2.55. The summed E-state index contributed by atoms with van der Waals surface area (Å²) in [5.74, 6) is 0. The maximum Gasteiger partial charge on any atom is 0.187 e. The molecule has 256 valence electrons. The molecule has 0 aromatic heterocycles. The molecule has 0 bridgehead atoms. The van der Waals surface area contributed by atoms with Gasteiger partial charge in [0, 0.05) is 68.9 Å². The SMILES string of the molecule is COCC1OC(OC2C(COC)OC(OC)C(OC)[C@H]2OC)C(OC)C(OC)C1OC1OC(C)C(N=[N+]=[N-])C(OC)C1OC. The van der Waals surface area contributed by atoms with Gasteiger partial charge in [-0.15, -0.1) is 0 Å². The first kappa shape index (κ1) is 37.2. The second-order valence-electron chi connectivity index (χ2n) is 10.5. The number of hydrogen-bond acceptors (Lipinski definition) is 15. The van der Waals surface area contributed by atoms with Crippen molar-refractivity contribution in [1.29, 1.82) is 0 Å². The lowest BCUT2D eigenvalue weighted by Crippen LogP contribution is -2.67. The van der Waals surface area contributed by atoms with Crippen molar-refractivity contribution >= 4 is 0 Å². The van der Waals surface area contributed by atoms with E-state index >= 15 is 0 Å². The molecular weight excluding hydrogens is 590 g/mol. The molecule has 3 saturated heterocycles. The number of methoxy groups -OCH3 is 9. The van der Waals surface area contributed by atoms with Gasteiger partial charge in [-0.05, 0) is 12.5 Å². The van der Waals surface area contributed by atoms with Crippen LogP contribution in [0.2, 0.25) is 0 Å². The summed E-state index contributed by atoms with van der Waals surface area (Å²) in [5, 5.41) is 3.86. The topological polar surface area (TPSA) is 178 Å². The van der Waals surface area contributed by atoms with Crippen LogP contribution in [0.1, 0.15) is 6.92 Å². The highest BCUT2D eigenvalue weighted by atomic mass is 16.8. The quantitative estimate of drug-likeness (QED) is 0.131. The Morgan fingerprint density at radius 2 is 0.932 bits per heavy atom. The van der Waals surface area contributed by atoms with Crippen molar-refractivity contribution in [3.8, 4) is 0 Å². The van der Waals surface area contributed by atoms with E-state index in [1.807, 2.05) is 0 Å². The number of hydrogen-bond donors (Lipinski definition) is 0. The first-order valence-corrected chi connectivity index (χ1v) is 14.3. The molecular formula is C27H49N3O14. The van der Waals surface area contributed by atoms with E-state index in [-0.39, 0.29) is 13.2 Å². The number of azide groups is 1. The smallest absolute Gasteiger partial charge is 0.187 e. The molecule has 3 fully saturated rings. The summed E-state index contributed by atoms with van der Waals surface area (Å²) in [5.41, 5.74) is 9.09. The third-order valence-electron chi connectivity index (χ3n) is 8.24. The summed E-state index contributed by atoms with van der Waals surface area (Å²) >= 11 is 0. The summed E-state index contributed by atoms with van der Waals surface area (Å²) in [6, 6.07) is -0.643. The second kappa shape index (κ2) is 18.2. The average Bonchev–Trinajstić information content (AvgIpc) is 3.03. The van der Waals surface area contributed by atoms with Crippen molar-refractivity contribution in [2.24, 2.45) is 5.11 Å². The molecule has 15 atom stereocenters. The Balaban J connectivity index is 1.91. The van der Waals surface area contributed by atoms with Crippen molar-refractivity contribution < 1.29 is 66.3 Å². The third kappa shape index (κ3) is 7.99. The minimum atomic E-state index is -0.988. The van der Waals surface area contributed by atoms with E-state index in [4.69, 9.17) is 71.8 Å². The molecule has 0 aromatic carbocycles. The monoisotopic (exact) mass is 639 g/mol. The minimum Gasteiger partial charge on any atom is -0.382 e. The maximum absolute atomic E-state index is 9.09. The Bertz CT molecular complexity index is 887. The van der Waals surface area contributed by atoms with Crippen LogP contribution < -0.4 is 0 Å². The molecule has 17 heteroatoms. The second-order valence-corrected chi connectivity index (χ2v) is 10.5. The van der Waals surface area contributed by atoms with Crippen LogP contribution in [-0.4, -0.2) is 169 Å². The normalized spacial score (nSPS) is 43.0. The Hall–Kier alpha value is -1.25. The van der Waals surface area contributed by atoms with E-state index in [1.54, 1.807) is 28.3 Å². The summed E-state index contributed by atoms with van der Waals surface area (Å²) < 4.78 is 83.1. The lowest BCUT2D eigenvalue weighted by Gasteiger charge is -2.50. The molecule has 0 radical (unpaired) electrons. The van der Waals surface area contributed by atoms with E-state index in [0.717, 1.165) is 0 Å². The van der Waals surface area contributed by atoms with Crippen LogP contribution in [0.15, 0.2) is 5.11 Å². The van der Waals surface area contributed by atoms with Gasteiger partial charge < -0.3 is 66.3 Å². The van der Waals surface area contributed by atoms with E-state index < -0.39 is 92.1 Å². The fourth-order valence-electron chi connectivity index (χ4n) is 6.16. The molecule has 17 nitrogen and oxygen atoms in total. The predicted octanol–water partition coefficient (Wildman–Crippen LogP) is 0.660. The largest absolute Gasteiger partial charge is 0.382 e. The minimum absolute atomic E-state index is 0.110. The number of nitrogens with zero attached hydrogens (tertiary/aromatic N) is 3. The highest BCUT2D eigenvalue weighted by molar-refractivity contribution is 4.99. The van der Waals surface area contributed by atoms with Crippen molar-refractivity contribution in [2.45, 2.75) is 99.0 Å². The molecule has 14 unspecified atom stereocenters. The zero-order valence-electron chi connectivity index (χ0n) is 27.1. The van der Waals surface area contributed by atoms with E-state index in [9.17, 15) is 0 Å². The van der Waals surface area contributed by atoms with Crippen LogP contribution in [0.4, 0.5) is 0 Å². The average molecular weight is 640 g/mol. The van der Waals surface area contributed by atoms with Crippen LogP contribution in [0.25, 0.3) is 10.4 Å². The Morgan fingerprint density at radius 1 is 0.523 bits per heavy atom. The first-order chi connectivity index (χ1) is 21.3. The van der Waals surface area contributed by atoms with Gasteiger partial charge in [-0.25, -0.2) is 0 Å². The van der Waals surface area contributed by atoms with Crippen LogP contribution in [0.3, 0.4) is 0 Å². The van der Waals surface area contributed by atoms with Gasteiger partial charge in [-0.1, -0.05) is 5.11 Å². The molecule has 3 rings (SSSR count). The molecule has 0 aromatic rings. The van der Waals surface area contributed by atoms with Crippen molar-refractivity contribution in [3.05, 3.63) is 10.4 Å². The van der Waals surface area contributed by atoms with Crippen LogP contribution in [-0.2, 0) is 66.3 Å². The van der Waals surface area contributed by atoms with Crippen molar-refractivity contribution in [1.82, 2.24) is 0 Å². The summed E-state index contributed by atoms with van der Waals surface area (Å²) in [6.07, 6.45) is -10.2. The van der Waals surface area contributed by atoms with Crippen LogP contribution in [0, 0.1) is 0 Å². The van der Waals surface area contributed by atoms with Gasteiger partial charge in [0.05, 0.1) is 31.5 Å². The Labute approximate surface area is 258 Å². The highest BCUT2D eigenvalue weighted by Crippen LogP contribution is 2.36. The molecule has 44 heavy (non-hydrogen) atoms. The first-order valence-electron chi connectivity index (χ1n) is 14.3. The standard InChI is InChI=1S/C27H49N3O14/c1-13-16(29-30-28)19(33-4)22(36-7)26(40-13)43-18-15(12-32-3)42-27(24(38-9)21(18)35-6)44-17-14(11-31-2)41-25(39-10)23(37-8)20(17)34-5/h13-27H,11-12H2,1-10H3/t13?,14?,15?,16?,17?,18?,19?,20-,21?,22?,23?,24?,25?,26?,27?/m0/s1. The number of ether oxygens (including phenoxy) is 14.